The van der Waals surface area contributed by atoms with Gasteiger partial charge in [-0.25, -0.2) is 0 Å². The molecule has 0 atom stereocenters. The first-order valence-corrected chi connectivity index (χ1v) is 4.34. The van der Waals surface area contributed by atoms with Crippen LogP contribution in [0, 0.1) is 0 Å². The summed E-state index contributed by atoms with van der Waals surface area (Å²) in [5.74, 6) is 0.848. The summed E-state index contributed by atoms with van der Waals surface area (Å²) in [4.78, 5) is 7.97. The second kappa shape index (κ2) is 3.14. The molecule has 2 aromatic rings. The van der Waals surface area contributed by atoms with Gasteiger partial charge < -0.3 is 5.73 Å². The molecule has 0 fully saturated rings. The van der Waals surface area contributed by atoms with Crippen LogP contribution in [0.15, 0.2) is 22.9 Å². The van der Waals surface area contributed by atoms with Gasteiger partial charge in [0.05, 0.1) is 0 Å². The maximum absolute atomic E-state index is 5.37. The Morgan fingerprint density at radius 2 is 2.23 bits per heavy atom. The minimum absolute atomic E-state index is 0.231. The number of hydrogen-bond acceptors (Lipinski definition) is 4. The molecule has 0 aliphatic carbocycles. The van der Waals surface area contributed by atoms with E-state index in [-0.39, 0.29) is 5.95 Å². The molecule has 66 valence electrons. The maximum Gasteiger partial charge on any atom is 0.239 e. The first-order valence-electron chi connectivity index (χ1n) is 3.54. The number of nitrogens with zero attached hydrogens (tertiary/aromatic N) is 3. The summed E-state index contributed by atoms with van der Waals surface area (Å²) >= 11 is 3.31. The lowest BCUT2D eigenvalue weighted by Crippen LogP contribution is -1.85. The topological polar surface area (TPSA) is 80.5 Å². The summed E-state index contributed by atoms with van der Waals surface area (Å²) < 4.78 is 0.889. The van der Waals surface area contributed by atoms with Crippen LogP contribution in [0.3, 0.4) is 0 Å². The molecule has 0 radical (unpaired) electrons. The number of halogens is 1. The van der Waals surface area contributed by atoms with Crippen LogP contribution in [0.4, 0.5) is 5.95 Å². The van der Waals surface area contributed by atoms with Gasteiger partial charge >= 0.3 is 0 Å². The largest absolute Gasteiger partial charge is 0.366 e. The van der Waals surface area contributed by atoms with E-state index in [2.05, 4.69) is 36.1 Å². The smallest absolute Gasteiger partial charge is 0.239 e. The van der Waals surface area contributed by atoms with Gasteiger partial charge in [-0.3, -0.25) is 10.1 Å². The highest BCUT2D eigenvalue weighted by Crippen LogP contribution is 2.17. The van der Waals surface area contributed by atoms with Gasteiger partial charge in [0.15, 0.2) is 5.82 Å². The molecule has 2 aromatic heterocycles. The first kappa shape index (κ1) is 8.18. The second-order valence-electron chi connectivity index (χ2n) is 2.43. The fraction of sp³-hybridized carbons (Fsp3) is 0. The lowest BCUT2D eigenvalue weighted by atomic mass is 10.3. The molecule has 3 N–H and O–H groups in total. The van der Waals surface area contributed by atoms with Crippen LogP contribution < -0.4 is 5.73 Å². The van der Waals surface area contributed by atoms with Crippen molar-refractivity contribution in [2.45, 2.75) is 0 Å². The average Bonchev–Trinajstić information content (AvgIpc) is 2.52. The van der Waals surface area contributed by atoms with E-state index in [4.69, 9.17) is 5.73 Å². The molecule has 0 aromatic carbocycles. The zero-order valence-corrected chi connectivity index (χ0v) is 8.12. The molecule has 13 heavy (non-hydrogen) atoms. The maximum atomic E-state index is 5.37. The van der Waals surface area contributed by atoms with E-state index in [0.29, 0.717) is 5.82 Å². The van der Waals surface area contributed by atoms with Crippen molar-refractivity contribution >= 4 is 21.9 Å². The van der Waals surface area contributed by atoms with Gasteiger partial charge in [0, 0.05) is 22.4 Å². The number of nitrogen functional groups attached to an aromatic ring is 1. The second-order valence-corrected chi connectivity index (χ2v) is 3.35. The van der Waals surface area contributed by atoms with Crippen molar-refractivity contribution in [2.75, 3.05) is 5.73 Å². The zero-order valence-electron chi connectivity index (χ0n) is 6.53. The van der Waals surface area contributed by atoms with Crippen LogP contribution in [0.1, 0.15) is 0 Å². The number of nitrogens with one attached hydrogen (secondary N) is 1. The third-order valence-corrected chi connectivity index (χ3v) is 1.91. The van der Waals surface area contributed by atoms with Crippen LogP contribution in [0.5, 0.6) is 0 Å². The molecular formula is C7H6BrN5. The molecule has 0 bridgehead atoms. The van der Waals surface area contributed by atoms with Crippen LogP contribution >= 0.6 is 15.9 Å². The number of aromatic nitrogens is 4. The van der Waals surface area contributed by atoms with Crippen LogP contribution in [-0.2, 0) is 0 Å². The molecule has 6 heteroatoms. The van der Waals surface area contributed by atoms with E-state index < -0.39 is 0 Å². The number of hydrogen-bond donors (Lipinski definition) is 2. The van der Waals surface area contributed by atoms with Gasteiger partial charge in [0.1, 0.15) is 0 Å². The number of pyridine rings is 1. The molecule has 0 aliphatic heterocycles. The quantitative estimate of drug-likeness (QED) is 0.784. The Balaban J connectivity index is 2.46. The van der Waals surface area contributed by atoms with E-state index in [1.54, 1.807) is 12.4 Å². The van der Waals surface area contributed by atoms with E-state index in [1.165, 1.54) is 0 Å². The Morgan fingerprint density at radius 1 is 1.38 bits per heavy atom. The first-order chi connectivity index (χ1) is 6.25. The summed E-state index contributed by atoms with van der Waals surface area (Å²) in [7, 11) is 0. The van der Waals surface area contributed by atoms with Gasteiger partial charge in [-0.1, -0.05) is 0 Å². The van der Waals surface area contributed by atoms with Crippen molar-refractivity contribution in [2.24, 2.45) is 0 Å². The fourth-order valence-electron chi connectivity index (χ4n) is 0.945. The predicted molar refractivity (Wildman–Crippen MR) is 51.7 cm³/mol. The van der Waals surface area contributed by atoms with Crippen LogP contribution in [-0.4, -0.2) is 20.2 Å². The molecule has 5 nitrogen and oxygen atoms in total. The number of aromatic amines is 1. The zero-order chi connectivity index (χ0) is 9.26. The van der Waals surface area contributed by atoms with E-state index >= 15 is 0 Å². The number of H-pyrrole nitrogens is 1. The van der Waals surface area contributed by atoms with Crippen molar-refractivity contribution in [1.29, 1.82) is 0 Å². The predicted octanol–water partition coefficient (Wildman–Crippen LogP) is 1.21. The van der Waals surface area contributed by atoms with Crippen LogP contribution in [0.2, 0.25) is 0 Å². The Bertz CT molecular complexity index is 424. The molecule has 0 amide bonds. The van der Waals surface area contributed by atoms with Crippen LogP contribution in [0.25, 0.3) is 11.4 Å². The third kappa shape index (κ3) is 1.67. The van der Waals surface area contributed by atoms with E-state index in [0.717, 1.165) is 10.0 Å². The fourth-order valence-corrected chi connectivity index (χ4v) is 1.31. The highest BCUT2D eigenvalue weighted by atomic mass is 79.9. The molecular weight excluding hydrogens is 234 g/mol. The van der Waals surface area contributed by atoms with Crippen molar-refractivity contribution < 1.29 is 0 Å². The molecule has 0 saturated heterocycles. The molecule has 2 heterocycles. The molecule has 2 rings (SSSR count). The number of rotatable bonds is 1. The minimum Gasteiger partial charge on any atom is -0.366 e. The van der Waals surface area contributed by atoms with Crippen molar-refractivity contribution in [3.05, 3.63) is 22.9 Å². The van der Waals surface area contributed by atoms with Gasteiger partial charge in [-0.15, -0.1) is 5.10 Å². The Labute approximate surface area is 82.5 Å². The van der Waals surface area contributed by atoms with Crippen molar-refractivity contribution in [3.8, 4) is 11.4 Å². The highest BCUT2D eigenvalue weighted by Gasteiger charge is 2.03. The monoisotopic (exact) mass is 239 g/mol. The number of nitrogens with two attached hydrogens (primary N) is 1. The van der Waals surface area contributed by atoms with E-state index in [9.17, 15) is 0 Å². The summed E-state index contributed by atoms with van der Waals surface area (Å²) in [6, 6.07) is 1.88. The Kier molecular flexibility index (Phi) is 1.97. The minimum atomic E-state index is 0.231. The normalized spacial score (nSPS) is 10.2. The summed E-state index contributed by atoms with van der Waals surface area (Å²) in [6.45, 7) is 0. The lowest BCUT2D eigenvalue weighted by Gasteiger charge is -1.94. The summed E-state index contributed by atoms with van der Waals surface area (Å²) in [6.07, 6.45) is 3.38. The van der Waals surface area contributed by atoms with Gasteiger partial charge in [0.2, 0.25) is 5.95 Å². The van der Waals surface area contributed by atoms with Crippen molar-refractivity contribution in [3.63, 3.8) is 0 Å². The average molecular weight is 240 g/mol. The Hall–Kier alpha value is -1.43. The van der Waals surface area contributed by atoms with Gasteiger partial charge in [0.25, 0.3) is 0 Å². The standard InChI is InChI=1S/C7H6BrN5/c8-5-1-4(2-10-3-5)6-11-7(9)13-12-6/h1-3H,(H3,9,11,12,13). The summed E-state index contributed by atoms with van der Waals surface area (Å²) in [5, 5.41) is 6.42. The van der Waals surface area contributed by atoms with E-state index in [1.807, 2.05) is 6.07 Å². The molecule has 0 aliphatic rings. The van der Waals surface area contributed by atoms with Crippen molar-refractivity contribution in [1.82, 2.24) is 20.2 Å². The molecule has 0 saturated carbocycles. The van der Waals surface area contributed by atoms with Gasteiger partial charge in [-0.2, -0.15) is 4.98 Å². The lowest BCUT2D eigenvalue weighted by molar-refractivity contribution is 1.10. The Morgan fingerprint density at radius 3 is 2.85 bits per heavy atom. The third-order valence-electron chi connectivity index (χ3n) is 1.48. The van der Waals surface area contributed by atoms with Gasteiger partial charge in [-0.05, 0) is 22.0 Å². The number of anilines is 1. The molecule has 0 spiro atoms. The molecule has 0 unspecified atom stereocenters. The highest BCUT2D eigenvalue weighted by molar-refractivity contribution is 9.10. The summed E-state index contributed by atoms with van der Waals surface area (Å²) in [5.41, 5.74) is 6.21. The SMILES string of the molecule is Nc1n[nH]c(-c2cncc(Br)c2)n1.